The fourth-order valence-electron chi connectivity index (χ4n) is 5.84. The largest absolute Gasteiger partial charge is 0.356 e. The second-order valence-corrected chi connectivity index (χ2v) is 12.9. The predicted molar refractivity (Wildman–Crippen MR) is 168 cm³/mol. The number of amides is 5. The van der Waals surface area contributed by atoms with Crippen LogP contribution in [-0.4, -0.2) is 85.3 Å². The third-order valence-corrected chi connectivity index (χ3v) is 8.80. The maximum Gasteiger partial charge on any atom is 0.246 e. The first-order chi connectivity index (χ1) is 21.0. The normalized spacial score (nSPS) is 27.9. The molecule has 3 aliphatic rings. The molecule has 0 unspecified atom stereocenters. The highest BCUT2D eigenvalue weighted by Gasteiger charge is 2.39. The van der Waals surface area contributed by atoms with Crippen LogP contribution < -0.4 is 37.2 Å². The number of nitrogens with one attached hydrogen (secondary N) is 7. The number of carbonyl (C=O) groups excluding carboxylic acids is 5. The van der Waals surface area contributed by atoms with E-state index in [0.717, 1.165) is 45.2 Å². The van der Waals surface area contributed by atoms with Gasteiger partial charge in [-0.3, -0.25) is 29.0 Å². The highest BCUT2D eigenvalue weighted by molar-refractivity contribution is 5.97. The Labute approximate surface area is 261 Å². The topological polar surface area (TPSA) is 182 Å². The van der Waals surface area contributed by atoms with E-state index in [-0.39, 0.29) is 30.7 Å². The van der Waals surface area contributed by atoms with Gasteiger partial charge in [-0.15, -0.1) is 0 Å². The van der Waals surface area contributed by atoms with Crippen molar-refractivity contribution < 1.29 is 24.0 Å². The molecule has 0 radical (unpaired) electrons. The molecule has 0 bridgehead atoms. The molecule has 2 heterocycles. The van der Waals surface area contributed by atoms with Gasteiger partial charge >= 0.3 is 0 Å². The van der Waals surface area contributed by atoms with E-state index in [1.54, 1.807) is 27.7 Å². The van der Waals surface area contributed by atoms with Crippen LogP contribution in [0.4, 0.5) is 0 Å². The first kappa shape index (κ1) is 35.1. The number of hydrogen-bond donors (Lipinski definition) is 7. The van der Waals surface area contributed by atoms with Crippen molar-refractivity contribution in [1.82, 2.24) is 37.2 Å². The van der Waals surface area contributed by atoms with E-state index in [0.29, 0.717) is 44.1 Å². The summed E-state index contributed by atoms with van der Waals surface area (Å²) >= 11 is 0. The van der Waals surface area contributed by atoms with Crippen molar-refractivity contribution in [2.24, 2.45) is 16.8 Å². The molecule has 1 saturated heterocycles. The van der Waals surface area contributed by atoms with Gasteiger partial charge in [-0.1, -0.05) is 52.9 Å². The maximum absolute atomic E-state index is 13.8. The third kappa shape index (κ3) is 10.7. The molecular weight excluding hydrogens is 564 g/mol. The highest BCUT2D eigenvalue weighted by atomic mass is 16.2. The zero-order valence-electron chi connectivity index (χ0n) is 27.0. The predicted octanol–water partition coefficient (Wildman–Crippen LogP) is 0.591. The van der Waals surface area contributed by atoms with Crippen LogP contribution in [-0.2, 0) is 24.0 Å². The summed E-state index contributed by atoms with van der Waals surface area (Å²) in [6.45, 7) is 9.09. The Morgan fingerprint density at radius 2 is 1.61 bits per heavy atom. The van der Waals surface area contributed by atoms with Gasteiger partial charge in [0.15, 0.2) is 5.96 Å². The van der Waals surface area contributed by atoms with Gasteiger partial charge in [-0.25, -0.2) is 0 Å². The van der Waals surface area contributed by atoms with Gasteiger partial charge in [0, 0.05) is 32.1 Å². The van der Waals surface area contributed by atoms with E-state index < -0.39 is 41.4 Å². The molecule has 13 nitrogen and oxygen atoms in total. The average molecular weight is 619 g/mol. The number of aliphatic imine (C=N–C) groups is 1. The summed E-state index contributed by atoms with van der Waals surface area (Å²) in [6.07, 6.45) is 8.13. The summed E-state index contributed by atoms with van der Waals surface area (Å²) in [5, 5.41) is 20.8. The molecule has 44 heavy (non-hydrogen) atoms. The Morgan fingerprint density at radius 3 is 2.27 bits per heavy atom. The number of nitrogens with zero attached hydrogens (tertiary/aromatic N) is 1. The Morgan fingerprint density at radius 1 is 0.909 bits per heavy atom. The lowest BCUT2D eigenvalue weighted by Crippen LogP contribution is -2.63. The fraction of sp³-hybridized carbons (Fsp3) is 0.806. The quantitative estimate of drug-likeness (QED) is 0.185. The van der Waals surface area contributed by atoms with E-state index in [1.165, 1.54) is 6.42 Å². The molecule has 2 aliphatic heterocycles. The zero-order chi connectivity index (χ0) is 32.1. The van der Waals surface area contributed by atoms with Gasteiger partial charge < -0.3 is 37.2 Å². The van der Waals surface area contributed by atoms with Crippen molar-refractivity contribution in [1.29, 1.82) is 0 Å². The molecule has 1 saturated carbocycles. The Balaban J connectivity index is 1.82. The molecule has 4 atom stereocenters. The minimum absolute atomic E-state index is 0.102. The van der Waals surface area contributed by atoms with Crippen LogP contribution in [0.2, 0.25) is 0 Å². The lowest BCUT2D eigenvalue weighted by Gasteiger charge is -2.34. The second kappa shape index (κ2) is 17.2. The van der Waals surface area contributed by atoms with Crippen molar-refractivity contribution in [2.75, 3.05) is 26.2 Å². The molecule has 0 aromatic rings. The molecule has 0 spiro atoms. The van der Waals surface area contributed by atoms with Crippen LogP contribution in [0.1, 0.15) is 98.3 Å². The molecular formula is C31H54N8O5. The Bertz CT molecular complexity index is 1040. The van der Waals surface area contributed by atoms with E-state index in [4.69, 9.17) is 0 Å². The summed E-state index contributed by atoms with van der Waals surface area (Å²) < 4.78 is 0. The first-order valence-corrected chi connectivity index (χ1v) is 16.6. The molecule has 13 heteroatoms. The van der Waals surface area contributed by atoms with E-state index in [9.17, 15) is 24.0 Å². The molecule has 1 aliphatic carbocycles. The SMILES string of the molecule is CC[C@@H]1NC(=O)[C@H](CCCNC2=NCCCN2)NC(=O)[C@](C)(NC(=O)C(C)C)CCNC(=O)[C@@H](CC2CCCCC2)NC1=O. The molecule has 248 valence electrons. The molecule has 3 rings (SSSR count). The molecule has 7 N–H and O–H groups in total. The van der Waals surface area contributed by atoms with Crippen molar-refractivity contribution in [3.05, 3.63) is 0 Å². The van der Waals surface area contributed by atoms with Crippen molar-refractivity contribution in [2.45, 2.75) is 122 Å². The minimum atomic E-state index is -1.39. The minimum Gasteiger partial charge on any atom is -0.356 e. The number of carbonyl (C=O) groups is 5. The molecule has 0 aromatic carbocycles. The zero-order valence-corrected chi connectivity index (χ0v) is 27.0. The van der Waals surface area contributed by atoms with Crippen molar-refractivity contribution >= 4 is 35.5 Å². The lowest BCUT2D eigenvalue weighted by atomic mass is 9.84. The van der Waals surface area contributed by atoms with E-state index in [1.807, 2.05) is 0 Å². The molecule has 0 aromatic heterocycles. The standard InChI is InChI=1S/C31H54N8O5/c1-5-22-27(42)37-24(19-21-11-7-6-8-12-21)26(41)32-18-14-31(4,39-25(40)20(2)3)29(44)38-23(28(43)36-22)13-9-15-33-30-34-16-10-17-35-30/h20-24H,5-19H2,1-4H3,(H,32,41)(H,36,43)(H,37,42)(H,38,44)(H,39,40)(H2,33,34,35)/t22-,23-,24+,31+/m0/s1. The number of hydrogen-bond acceptors (Lipinski definition) is 8. The monoisotopic (exact) mass is 618 g/mol. The third-order valence-electron chi connectivity index (χ3n) is 8.80. The summed E-state index contributed by atoms with van der Waals surface area (Å²) in [4.78, 5) is 71.3. The van der Waals surface area contributed by atoms with Crippen LogP contribution in [0, 0.1) is 11.8 Å². The van der Waals surface area contributed by atoms with Crippen molar-refractivity contribution in [3.8, 4) is 0 Å². The summed E-state index contributed by atoms with van der Waals surface area (Å²) in [5.41, 5.74) is -1.39. The van der Waals surface area contributed by atoms with Gasteiger partial charge in [-0.2, -0.15) is 0 Å². The van der Waals surface area contributed by atoms with Crippen LogP contribution in [0.15, 0.2) is 4.99 Å². The number of guanidine groups is 1. The maximum atomic E-state index is 13.8. The highest BCUT2D eigenvalue weighted by Crippen LogP contribution is 2.27. The first-order valence-electron chi connectivity index (χ1n) is 16.6. The summed E-state index contributed by atoms with van der Waals surface area (Å²) in [7, 11) is 0. The fourth-order valence-corrected chi connectivity index (χ4v) is 5.84. The van der Waals surface area contributed by atoms with Gasteiger partial charge in [-0.05, 0) is 51.4 Å². The lowest BCUT2D eigenvalue weighted by molar-refractivity contribution is -0.138. The van der Waals surface area contributed by atoms with Crippen molar-refractivity contribution in [3.63, 3.8) is 0 Å². The second-order valence-electron chi connectivity index (χ2n) is 12.9. The van der Waals surface area contributed by atoms with Crippen LogP contribution in [0.3, 0.4) is 0 Å². The Hall–Kier alpha value is -3.38. The van der Waals surface area contributed by atoms with Gasteiger partial charge in [0.2, 0.25) is 29.5 Å². The molecule has 5 amide bonds. The summed E-state index contributed by atoms with van der Waals surface area (Å²) in [5.74, 6) is -1.41. The van der Waals surface area contributed by atoms with Crippen LogP contribution in [0.5, 0.6) is 0 Å². The van der Waals surface area contributed by atoms with Gasteiger partial charge in [0.25, 0.3) is 0 Å². The van der Waals surface area contributed by atoms with Gasteiger partial charge in [0.05, 0.1) is 0 Å². The Kier molecular flexibility index (Phi) is 13.7. The average Bonchev–Trinajstić information content (AvgIpc) is 3.01. The van der Waals surface area contributed by atoms with Crippen LogP contribution >= 0.6 is 0 Å². The number of rotatable bonds is 9. The summed E-state index contributed by atoms with van der Waals surface area (Å²) in [6, 6.07) is -2.58. The van der Waals surface area contributed by atoms with Crippen LogP contribution in [0.25, 0.3) is 0 Å². The van der Waals surface area contributed by atoms with Gasteiger partial charge in [0.1, 0.15) is 23.7 Å². The smallest absolute Gasteiger partial charge is 0.246 e. The van der Waals surface area contributed by atoms with E-state index >= 15 is 0 Å². The van der Waals surface area contributed by atoms with E-state index in [2.05, 4.69) is 42.2 Å². The molecule has 2 fully saturated rings.